The van der Waals surface area contributed by atoms with Crippen LogP contribution in [-0.2, 0) is 4.79 Å². The summed E-state index contributed by atoms with van der Waals surface area (Å²) >= 11 is 1.15. The van der Waals surface area contributed by atoms with Crippen LogP contribution in [0.4, 0.5) is 0 Å². The molecule has 114 valence electrons. The summed E-state index contributed by atoms with van der Waals surface area (Å²) in [5, 5.41) is 9.75. The highest BCUT2D eigenvalue weighted by Crippen LogP contribution is 2.37. The summed E-state index contributed by atoms with van der Waals surface area (Å²) in [4.78, 5) is 12.8. The van der Waals surface area contributed by atoms with Gasteiger partial charge >= 0.3 is 0 Å². The molecule has 4 nitrogen and oxygen atoms in total. The Kier molecular flexibility index (Phi) is 5.49. The van der Waals surface area contributed by atoms with Crippen molar-refractivity contribution in [3.63, 3.8) is 0 Å². The highest BCUT2D eigenvalue weighted by atomic mass is 32.2. The van der Waals surface area contributed by atoms with Crippen molar-refractivity contribution in [2.24, 2.45) is 0 Å². The van der Waals surface area contributed by atoms with Gasteiger partial charge in [0.15, 0.2) is 11.5 Å². The summed E-state index contributed by atoms with van der Waals surface area (Å²) in [7, 11) is 2.91. The second-order valence-corrected chi connectivity index (χ2v) is 5.42. The first-order valence-corrected chi connectivity index (χ1v) is 7.35. The van der Waals surface area contributed by atoms with Gasteiger partial charge in [-0.3, -0.25) is 4.79 Å². The van der Waals surface area contributed by atoms with E-state index < -0.39 is 0 Å². The molecule has 0 aliphatic heterocycles. The van der Waals surface area contributed by atoms with E-state index in [4.69, 9.17) is 9.47 Å². The first kappa shape index (κ1) is 16.0. The molecule has 0 spiro atoms. The number of phenolic OH excluding ortho intramolecular Hbond substituents is 1. The number of carbonyl (C=O) groups is 1. The molecule has 0 aromatic heterocycles. The van der Waals surface area contributed by atoms with Crippen LogP contribution in [0.15, 0.2) is 53.4 Å². The van der Waals surface area contributed by atoms with Gasteiger partial charge in [-0.05, 0) is 47.7 Å². The van der Waals surface area contributed by atoms with Crippen molar-refractivity contribution in [2.45, 2.75) is 4.90 Å². The van der Waals surface area contributed by atoms with Crippen molar-refractivity contribution in [1.82, 2.24) is 0 Å². The van der Waals surface area contributed by atoms with Gasteiger partial charge in [0.2, 0.25) is 10.9 Å². The van der Waals surface area contributed by atoms with Crippen LogP contribution in [0.25, 0.3) is 6.08 Å². The van der Waals surface area contributed by atoms with E-state index in [-0.39, 0.29) is 10.9 Å². The first-order valence-electron chi connectivity index (χ1n) is 6.54. The summed E-state index contributed by atoms with van der Waals surface area (Å²) in [5.41, 5.74) is 0.702. The molecule has 0 radical (unpaired) electrons. The van der Waals surface area contributed by atoms with E-state index in [0.717, 1.165) is 16.7 Å². The molecule has 0 aliphatic carbocycles. The zero-order valence-corrected chi connectivity index (χ0v) is 13.1. The van der Waals surface area contributed by atoms with Crippen LogP contribution >= 0.6 is 11.8 Å². The van der Waals surface area contributed by atoms with Gasteiger partial charge in [0.05, 0.1) is 14.2 Å². The molecule has 5 heteroatoms. The molecule has 0 amide bonds. The van der Waals surface area contributed by atoms with E-state index >= 15 is 0 Å². The monoisotopic (exact) mass is 316 g/mol. The van der Waals surface area contributed by atoms with Gasteiger partial charge in [-0.1, -0.05) is 24.3 Å². The fourth-order valence-electron chi connectivity index (χ4n) is 1.81. The average Bonchev–Trinajstić information content (AvgIpc) is 2.54. The molecule has 0 saturated heterocycles. The van der Waals surface area contributed by atoms with E-state index in [9.17, 15) is 9.90 Å². The van der Waals surface area contributed by atoms with Crippen LogP contribution in [0.3, 0.4) is 0 Å². The van der Waals surface area contributed by atoms with Gasteiger partial charge in [0.1, 0.15) is 0 Å². The van der Waals surface area contributed by atoms with Crippen LogP contribution in [-0.4, -0.2) is 24.4 Å². The maximum absolute atomic E-state index is 11.9. The third kappa shape index (κ3) is 4.05. The molecule has 0 heterocycles. The Bertz CT molecular complexity index is 655. The van der Waals surface area contributed by atoms with Gasteiger partial charge < -0.3 is 14.6 Å². The third-order valence-corrected chi connectivity index (χ3v) is 3.72. The second kappa shape index (κ2) is 7.56. The summed E-state index contributed by atoms with van der Waals surface area (Å²) in [6, 6.07) is 12.7. The summed E-state index contributed by atoms with van der Waals surface area (Å²) in [5.74, 6) is 0.524. The molecule has 0 atom stereocenters. The van der Waals surface area contributed by atoms with Crippen molar-refractivity contribution in [2.75, 3.05) is 14.2 Å². The number of rotatable bonds is 5. The Balaban J connectivity index is 2.14. The van der Waals surface area contributed by atoms with Gasteiger partial charge in [-0.15, -0.1) is 0 Å². The van der Waals surface area contributed by atoms with Crippen LogP contribution in [0.1, 0.15) is 5.56 Å². The lowest BCUT2D eigenvalue weighted by Crippen LogP contribution is -1.90. The Labute approximate surface area is 133 Å². The fraction of sp³-hybridized carbons (Fsp3) is 0.118. The smallest absolute Gasteiger partial charge is 0.216 e. The predicted octanol–water partition coefficient (Wildman–Crippen LogP) is 3.74. The minimum atomic E-state index is -0.0859. The van der Waals surface area contributed by atoms with Crippen molar-refractivity contribution >= 4 is 23.0 Å². The maximum atomic E-state index is 11.9. The van der Waals surface area contributed by atoms with Crippen LogP contribution in [0, 0.1) is 0 Å². The Morgan fingerprint density at radius 3 is 2.23 bits per heavy atom. The van der Waals surface area contributed by atoms with E-state index in [1.807, 2.05) is 30.3 Å². The van der Waals surface area contributed by atoms with Crippen molar-refractivity contribution in [3.05, 3.63) is 54.1 Å². The summed E-state index contributed by atoms with van der Waals surface area (Å²) in [6.07, 6.45) is 3.13. The van der Waals surface area contributed by atoms with Gasteiger partial charge in [0, 0.05) is 4.90 Å². The van der Waals surface area contributed by atoms with Crippen molar-refractivity contribution in [1.29, 1.82) is 0 Å². The molecule has 0 unspecified atom stereocenters. The molecule has 0 aliphatic rings. The van der Waals surface area contributed by atoms with Gasteiger partial charge in [-0.2, -0.15) is 0 Å². The highest BCUT2D eigenvalue weighted by molar-refractivity contribution is 8.14. The minimum absolute atomic E-state index is 0.0628. The standard InChI is InChI=1S/C17H16O4S/c1-20-14-10-12(11-15(21-2)17(14)19)8-9-16(18)22-13-6-4-3-5-7-13/h3-11,19H,1-2H3/b9-8-. The second-order valence-electron chi connectivity index (χ2n) is 4.34. The molecule has 0 saturated carbocycles. The van der Waals surface area contributed by atoms with Crippen molar-refractivity contribution < 1.29 is 19.4 Å². The van der Waals surface area contributed by atoms with E-state index in [1.54, 1.807) is 18.2 Å². The Hall–Kier alpha value is -2.40. The lowest BCUT2D eigenvalue weighted by atomic mass is 10.1. The highest BCUT2D eigenvalue weighted by Gasteiger charge is 2.10. The van der Waals surface area contributed by atoms with Crippen LogP contribution in [0.2, 0.25) is 0 Å². The molecule has 2 rings (SSSR count). The van der Waals surface area contributed by atoms with Crippen LogP contribution in [0.5, 0.6) is 17.2 Å². The summed E-state index contributed by atoms with van der Waals surface area (Å²) < 4.78 is 10.2. The van der Waals surface area contributed by atoms with Crippen molar-refractivity contribution in [3.8, 4) is 17.2 Å². The normalized spacial score (nSPS) is 10.6. The van der Waals surface area contributed by atoms with E-state index in [1.165, 1.54) is 20.3 Å². The number of thioether (sulfide) groups is 1. The van der Waals surface area contributed by atoms with E-state index in [0.29, 0.717) is 17.1 Å². The molecule has 0 fully saturated rings. The number of aromatic hydroxyl groups is 1. The molecule has 1 N–H and O–H groups in total. The lowest BCUT2D eigenvalue weighted by molar-refractivity contribution is -0.107. The average molecular weight is 316 g/mol. The zero-order valence-electron chi connectivity index (χ0n) is 12.3. The lowest BCUT2D eigenvalue weighted by Gasteiger charge is -2.09. The van der Waals surface area contributed by atoms with Gasteiger partial charge in [0.25, 0.3) is 0 Å². The zero-order chi connectivity index (χ0) is 15.9. The van der Waals surface area contributed by atoms with E-state index in [2.05, 4.69) is 0 Å². The molecule has 2 aromatic rings. The molecular weight excluding hydrogens is 300 g/mol. The fourth-order valence-corrected chi connectivity index (χ4v) is 2.47. The number of hydrogen-bond acceptors (Lipinski definition) is 5. The summed E-state index contributed by atoms with van der Waals surface area (Å²) in [6.45, 7) is 0. The minimum Gasteiger partial charge on any atom is -0.502 e. The largest absolute Gasteiger partial charge is 0.502 e. The number of phenols is 1. The number of methoxy groups -OCH3 is 2. The number of hydrogen-bond donors (Lipinski definition) is 1. The first-order chi connectivity index (χ1) is 10.6. The molecule has 2 aromatic carbocycles. The third-order valence-electron chi connectivity index (χ3n) is 2.88. The SMILES string of the molecule is COc1cc(/C=C\C(=O)Sc2ccccc2)cc(OC)c1O. The van der Waals surface area contributed by atoms with Crippen LogP contribution < -0.4 is 9.47 Å². The molecule has 0 bridgehead atoms. The van der Waals surface area contributed by atoms with Gasteiger partial charge in [-0.25, -0.2) is 0 Å². The quantitative estimate of drug-likeness (QED) is 0.672. The Morgan fingerprint density at radius 2 is 1.68 bits per heavy atom. The number of benzene rings is 2. The maximum Gasteiger partial charge on any atom is 0.216 e. The number of ether oxygens (including phenoxy) is 2. The molecule has 22 heavy (non-hydrogen) atoms. The Morgan fingerprint density at radius 1 is 1.09 bits per heavy atom. The predicted molar refractivity (Wildman–Crippen MR) is 87.6 cm³/mol. The number of carbonyl (C=O) groups excluding carboxylic acids is 1. The topological polar surface area (TPSA) is 55.8 Å². The molecular formula is C17H16O4S.